The van der Waals surface area contributed by atoms with E-state index in [-0.39, 0.29) is 5.82 Å². The number of anilines is 1. The lowest BCUT2D eigenvalue weighted by Gasteiger charge is -2.11. The van der Waals surface area contributed by atoms with Crippen molar-refractivity contribution in [2.45, 2.75) is 0 Å². The lowest BCUT2D eigenvalue weighted by Crippen LogP contribution is -1.93. The van der Waals surface area contributed by atoms with Gasteiger partial charge in [-0.1, -0.05) is 30.3 Å². The van der Waals surface area contributed by atoms with E-state index in [1.165, 1.54) is 18.2 Å². The maximum absolute atomic E-state index is 13.3. The van der Waals surface area contributed by atoms with E-state index in [1.54, 1.807) is 0 Å². The van der Waals surface area contributed by atoms with Crippen molar-refractivity contribution in [2.24, 2.45) is 0 Å². The van der Waals surface area contributed by atoms with E-state index >= 15 is 0 Å². The molecule has 0 atom stereocenters. The van der Waals surface area contributed by atoms with Crippen LogP contribution in [0.3, 0.4) is 0 Å². The van der Waals surface area contributed by atoms with Crippen LogP contribution in [0.1, 0.15) is 0 Å². The Morgan fingerprint density at radius 3 is 2.60 bits per heavy atom. The van der Waals surface area contributed by atoms with Crippen molar-refractivity contribution in [2.75, 3.05) is 5.73 Å². The minimum Gasteiger partial charge on any atom is -0.454 e. The van der Waals surface area contributed by atoms with E-state index < -0.39 is 0 Å². The molecule has 3 aromatic rings. The number of ether oxygens (including phenoxy) is 1. The predicted molar refractivity (Wildman–Crippen MR) is 82.5 cm³/mol. The molecule has 3 aromatic carbocycles. The molecule has 0 aromatic heterocycles. The van der Waals surface area contributed by atoms with Crippen LogP contribution in [0.2, 0.25) is 0 Å². The highest BCUT2D eigenvalue weighted by atomic mass is 79.9. The van der Waals surface area contributed by atoms with Gasteiger partial charge in [-0.05, 0) is 44.9 Å². The molecular formula is C16H11BrFNO. The van der Waals surface area contributed by atoms with E-state index in [0.717, 1.165) is 15.2 Å². The molecule has 0 unspecified atom stereocenters. The highest BCUT2D eigenvalue weighted by Crippen LogP contribution is 2.37. The third kappa shape index (κ3) is 2.34. The third-order valence-corrected chi connectivity index (χ3v) is 3.84. The summed E-state index contributed by atoms with van der Waals surface area (Å²) < 4.78 is 19.8. The summed E-state index contributed by atoms with van der Waals surface area (Å²) in [6, 6.07) is 15.8. The summed E-state index contributed by atoms with van der Waals surface area (Å²) in [6.45, 7) is 0. The molecule has 3 rings (SSSR count). The van der Waals surface area contributed by atoms with Gasteiger partial charge in [0.15, 0.2) is 5.75 Å². The smallest absolute Gasteiger partial charge is 0.153 e. The second-order valence-corrected chi connectivity index (χ2v) is 5.18. The predicted octanol–water partition coefficient (Wildman–Crippen LogP) is 5.12. The Bertz CT molecular complexity index is 789. The summed E-state index contributed by atoms with van der Waals surface area (Å²) in [7, 11) is 0. The van der Waals surface area contributed by atoms with E-state index in [4.69, 9.17) is 10.5 Å². The fourth-order valence-corrected chi connectivity index (χ4v) is 2.58. The molecule has 0 amide bonds. The van der Waals surface area contributed by atoms with Gasteiger partial charge in [0.1, 0.15) is 11.6 Å². The second kappa shape index (κ2) is 5.13. The summed E-state index contributed by atoms with van der Waals surface area (Å²) in [5.74, 6) is 0.521. The molecule has 100 valence electrons. The summed E-state index contributed by atoms with van der Waals surface area (Å²) in [5.41, 5.74) is 6.19. The monoisotopic (exact) mass is 331 g/mol. The molecule has 0 spiro atoms. The Labute approximate surface area is 124 Å². The van der Waals surface area contributed by atoms with Crippen LogP contribution in [0.4, 0.5) is 10.1 Å². The first kappa shape index (κ1) is 12.9. The van der Waals surface area contributed by atoms with Gasteiger partial charge in [-0.15, -0.1) is 0 Å². The van der Waals surface area contributed by atoms with Gasteiger partial charge < -0.3 is 10.5 Å². The van der Waals surface area contributed by atoms with Gasteiger partial charge in [-0.25, -0.2) is 4.39 Å². The van der Waals surface area contributed by atoms with Crippen LogP contribution in [0.25, 0.3) is 10.8 Å². The summed E-state index contributed by atoms with van der Waals surface area (Å²) in [5, 5.41) is 2.12. The fraction of sp³-hybridized carbons (Fsp3) is 0. The van der Waals surface area contributed by atoms with Crippen LogP contribution in [-0.2, 0) is 0 Å². The van der Waals surface area contributed by atoms with Gasteiger partial charge in [0.25, 0.3) is 0 Å². The molecule has 2 N–H and O–H groups in total. The van der Waals surface area contributed by atoms with Gasteiger partial charge in [0.2, 0.25) is 0 Å². The van der Waals surface area contributed by atoms with Crippen molar-refractivity contribution in [1.29, 1.82) is 0 Å². The minimum atomic E-state index is -0.383. The average molecular weight is 332 g/mol. The fourth-order valence-electron chi connectivity index (χ4n) is 2.01. The topological polar surface area (TPSA) is 35.2 Å². The minimum absolute atomic E-state index is 0.306. The number of fused-ring (bicyclic) bond motifs is 1. The van der Waals surface area contributed by atoms with E-state index in [2.05, 4.69) is 15.9 Å². The number of halogens is 2. The molecule has 0 aliphatic heterocycles. The third-order valence-electron chi connectivity index (χ3n) is 3.02. The Morgan fingerprint density at radius 1 is 0.950 bits per heavy atom. The van der Waals surface area contributed by atoms with Gasteiger partial charge in [-0.3, -0.25) is 0 Å². The van der Waals surface area contributed by atoms with Crippen molar-refractivity contribution in [1.82, 2.24) is 0 Å². The van der Waals surface area contributed by atoms with Crippen molar-refractivity contribution >= 4 is 32.4 Å². The van der Waals surface area contributed by atoms with Gasteiger partial charge >= 0.3 is 0 Å². The second-order valence-electron chi connectivity index (χ2n) is 4.38. The summed E-state index contributed by atoms with van der Waals surface area (Å²) >= 11 is 3.52. The Kier molecular flexibility index (Phi) is 3.32. The zero-order valence-corrected chi connectivity index (χ0v) is 12.0. The lowest BCUT2D eigenvalue weighted by molar-refractivity contribution is 0.477. The quantitative estimate of drug-likeness (QED) is 0.662. The van der Waals surface area contributed by atoms with Crippen LogP contribution >= 0.6 is 15.9 Å². The standard InChI is InChI=1S/C16H11BrFNO/c17-16-12-4-2-1-3-10(12)5-8-14(16)20-15-9-11(18)6-7-13(15)19/h1-9H,19H2. The molecule has 0 saturated carbocycles. The maximum Gasteiger partial charge on any atom is 0.153 e. The molecule has 0 saturated heterocycles. The first-order valence-electron chi connectivity index (χ1n) is 6.05. The molecule has 0 radical (unpaired) electrons. The average Bonchev–Trinajstić information content (AvgIpc) is 2.46. The van der Waals surface area contributed by atoms with Crippen LogP contribution in [0, 0.1) is 5.82 Å². The Morgan fingerprint density at radius 2 is 1.75 bits per heavy atom. The first-order chi connectivity index (χ1) is 9.65. The molecular weight excluding hydrogens is 321 g/mol. The highest BCUT2D eigenvalue weighted by Gasteiger charge is 2.09. The molecule has 0 heterocycles. The molecule has 0 fully saturated rings. The number of hydrogen-bond donors (Lipinski definition) is 1. The number of hydrogen-bond acceptors (Lipinski definition) is 2. The SMILES string of the molecule is Nc1ccc(F)cc1Oc1ccc2ccccc2c1Br. The van der Waals surface area contributed by atoms with E-state index in [9.17, 15) is 4.39 Å². The Hall–Kier alpha value is -2.07. The van der Waals surface area contributed by atoms with Gasteiger partial charge in [0, 0.05) is 6.07 Å². The summed E-state index contributed by atoms with van der Waals surface area (Å²) in [4.78, 5) is 0. The number of nitrogen functional groups attached to an aromatic ring is 1. The first-order valence-corrected chi connectivity index (χ1v) is 6.84. The number of benzene rings is 3. The molecule has 0 bridgehead atoms. The maximum atomic E-state index is 13.3. The van der Waals surface area contributed by atoms with Crippen molar-refractivity contribution < 1.29 is 9.13 Å². The van der Waals surface area contributed by atoms with Crippen molar-refractivity contribution in [3.05, 3.63) is 64.9 Å². The Balaban J connectivity index is 2.07. The summed E-state index contributed by atoms with van der Waals surface area (Å²) in [6.07, 6.45) is 0. The normalized spacial score (nSPS) is 10.7. The highest BCUT2D eigenvalue weighted by molar-refractivity contribution is 9.10. The molecule has 0 aliphatic rings. The number of nitrogens with two attached hydrogens (primary N) is 1. The van der Waals surface area contributed by atoms with Crippen LogP contribution in [0.5, 0.6) is 11.5 Å². The van der Waals surface area contributed by atoms with Crippen LogP contribution in [0.15, 0.2) is 59.1 Å². The largest absolute Gasteiger partial charge is 0.454 e. The van der Waals surface area contributed by atoms with Crippen molar-refractivity contribution in [3.63, 3.8) is 0 Å². The number of rotatable bonds is 2. The van der Waals surface area contributed by atoms with E-state index in [1.807, 2.05) is 36.4 Å². The molecule has 0 aliphatic carbocycles. The van der Waals surface area contributed by atoms with Crippen LogP contribution < -0.4 is 10.5 Å². The van der Waals surface area contributed by atoms with Gasteiger partial charge in [0.05, 0.1) is 10.2 Å². The van der Waals surface area contributed by atoms with E-state index in [0.29, 0.717) is 17.2 Å². The zero-order chi connectivity index (χ0) is 14.1. The van der Waals surface area contributed by atoms with Crippen molar-refractivity contribution in [3.8, 4) is 11.5 Å². The van der Waals surface area contributed by atoms with Crippen LogP contribution in [-0.4, -0.2) is 0 Å². The molecule has 20 heavy (non-hydrogen) atoms. The lowest BCUT2D eigenvalue weighted by atomic mass is 10.1. The van der Waals surface area contributed by atoms with Gasteiger partial charge in [-0.2, -0.15) is 0 Å². The molecule has 4 heteroatoms. The molecule has 2 nitrogen and oxygen atoms in total. The zero-order valence-electron chi connectivity index (χ0n) is 10.4.